The minimum atomic E-state index is -0.0800. The van der Waals surface area contributed by atoms with E-state index in [1.165, 1.54) is 0 Å². The van der Waals surface area contributed by atoms with Crippen molar-refractivity contribution in [2.45, 2.75) is 13.3 Å². The average Bonchev–Trinajstić information content (AvgIpc) is 3.20. The predicted octanol–water partition coefficient (Wildman–Crippen LogP) is 4.36. The number of ether oxygens (including phenoxy) is 1. The minimum absolute atomic E-state index is 0.0175. The molecule has 2 aliphatic rings. The zero-order valence-corrected chi connectivity index (χ0v) is 22.4. The lowest BCUT2D eigenvalue weighted by Crippen LogP contribution is -2.34. The minimum Gasteiger partial charge on any atom is -0.492 e. The van der Waals surface area contributed by atoms with Crippen LogP contribution in [0.3, 0.4) is 0 Å². The van der Waals surface area contributed by atoms with Gasteiger partial charge >= 0.3 is 0 Å². The van der Waals surface area contributed by atoms with Gasteiger partial charge in [0.05, 0.1) is 41.1 Å². The van der Waals surface area contributed by atoms with Gasteiger partial charge in [-0.3, -0.25) is 9.59 Å². The standard InChI is InChI=1S/C29H34N6O3/c1-5-38-26-17-20(28(36)35-14-8-13-32(2)15-16-35)11-12-22(26)31-27-18-24-25(19-30-27)34(4)29(37)21-9-6-7-10-23(21)33(24)3/h6-7,9-12,17-19H,5,8,13-16H2,1-4H3,(H,30,31). The molecular weight excluding hydrogens is 480 g/mol. The van der Waals surface area contributed by atoms with Gasteiger partial charge in [-0.2, -0.15) is 0 Å². The number of fused-ring (bicyclic) bond motifs is 2. The Balaban J connectivity index is 1.43. The molecule has 198 valence electrons. The van der Waals surface area contributed by atoms with Crippen LogP contribution in [-0.2, 0) is 0 Å². The molecule has 1 saturated heterocycles. The number of rotatable bonds is 5. The van der Waals surface area contributed by atoms with E-state index >= 15 is 0 Å². The van der Waals surface area contributed by atoms with Crippen LogP contribution in [0.2, 0.25) is 0 Å². The van der Waals surface area contributed by atoms with Gasteiger partial charge in [0.1, 0.15) is 11.6 Å². The lowest BCUT2D eigenvalue weighted by atomic mass is 10.1. The molecule has 2 amide bonds. The SMILES string of the molecule is CCOc1cc(C(=O)N2CCCN(C)CC2)ccc1Nc1cc2c(cn1)N(C)C(=O)c1ccccc1N2C. The van der Waals surface area contributed by atoms with Crippen molar-refractivity contribution < 1.29 is 14.3 Å². The molecule has 0 atom stereocenters. The first-order valence-electron chi connectivity index (χ1n) is 13.0. The Morgan fingerprint density at radius 3 is 2.58 bits per heavy atom. The van der Waals surface area contributed by atoms with Gasteiger partial charge in [0.25, 0.3) is 11.8 Å². The first-order chi connectivity index (χ1) is 18.4. The molecule has 1 aromatic heterocycles. The Labute approximate surface area is 223 Å². The molecule has 2 aromatic carbocycles. The van der Waals surface area contributed by atoms with E-state index in [1.54, 1.807) is 24.2 Å². The van der Waals surface area contributed by atoms with Crippen LogP contribution in [-0.4, -0.2) is 80.5 Å². The van der Waals surface area contributed by atoms with E-state index in [2.05, 4.69) is 22.2 Å². The monoisotopic (exact) mass is 514 g/mol. The molecule has 1 fully saturated rings. The quantitative estimate of drug-likeness (QED) is 0.542. The summed E-state index contributed by atoms with van der Waals surface area (Å²) in [5.41, 5.74) is 4.35. The third kappa shape index (κ3) is 4.89. The van der Waals surface area contributed by atoms with Crippen LogP contribution < -0.4 is 19.9 Å². The number of carbonyl (C=O) groups is 2. The number of nitrogens with one attached hydrogen (secondary N) is 1. The summed E-state index contributed by atoms with van der Waals surface area (Å²) in [6, 6.07) is 15.0. The van der Waals surface area contributed by atoms with Crippen molar-refractivity contribution in [3.63, 3.8) is 0 Å². The summed E-state index contributed by atoms with van der Waals surface area (Å²) in [7, 11) is 5.79. The van der Waals surface area contributed by atoms with Crippen LogP contribution in [0.5, 0.6) is 5.75 Å². The van der Waals surface area contributed by atoms with Crippen molar-refractivity contribution in [1.82, 2.24) is 14.8 Å². The average molecular weight is 515 g/mol. The van der Waals surface area contributed by atoms with E-state index in [0.29, 0.717) is 47.2 Å². The highest BCUT2D eigenvalue weighted by Gasteiger charge is 2.28. The molecule has 5 rings (SSSR count). The second-order valence-electron chi connectivity index (χ2n) is 9.72. The summed E-state index contributed by atoms with van der Waals surface area (Å²) in [6.45, 7) is 5.71. The van der Waals surface area contributed by atoms with Crippen LogP contribution in [0, 0.1) is 0 Å². The van der Waals surface area contributed by atoms with Crippen LogP contribution in [0.15, 0.2) is 54.7 Å². The number of para-hydroxylation sites is 1. The van der Waals surface area contributed by atoms with Crippen LogP contribution >= 0.6 is 0 Å². The Morgan fingerprint density at radius 1 is 0.947 bits per heavy atom. The fourth-order valence-electron chi connectivity index (χ4n) is 5.00. The van der Waals surface area contributed by atoms with Gasteiger partial charge < -0.3 is 29.7 Å². The number of amides is 2. The van der Waals surface area contributed by atoms with Gasteiger partial charge in [-0.1, -0.05) is 12.1 Å². The van der Waals surface area contributed by atoms with Crippen molar-refractivity contribution >= 4 is 40.4 Å². The van der Waals surface area contributed by atoms with Crippen molar-refractivity contribution in [3.05, 3.63) is 65.9 Å². The molecule has 0 aliphatic carbocycles. The maximum Gasteiger partial charge on any atom is 0.260 e. The highest BCUT2D eigenvalue weighted by atomic mass is 16.5. The van der Waals surface area contributed by atoms with Gasteiger partial charge in [-0.25, -0.2) is 4.98 Å². The summed E-state index contributed by atoms with van der Waals surface area (Å²) in [6.07, 6.45) is 2.66. The predicted molar refractivity (Wildman–Crippen MR) is 150 cm³/mol. The molecule has 0 bridgehead atoms. The first kappa shape index (κ1) is 25.5. The van der Waals surface area contributed by atoms with E-state index in [1.807, 2.05) is 66.2 Å². The Kier molecular flexibility index (Phi) is 7.20. The van der Waals surface area contributed by atoms with Crippen LogP contribution in [0.1, 0.15) is 34.1 Å². The molecule has 3 aromatic rings. The highest BCUT2D eigenvalue weighted by Crippen LogP contribution is 2.40. The second-order valence-corrected chi connectivity index (χ2v) is 9.72. The number of carbonyl (C=O) groups excluding carboxylic acids is 2. The second kappa shape index (κ2) is 10.7. The van der Waals surface area contributed by atoms with E-state index < -0.39 is 0 Å². The summed E-state index contributed by atoms with van der Waals surface area (Å²) >= 11 is 0. The summed E-state index contributed by atoms with van der Waals surface area (Å²) in [5.74, 6) is 1.13. The molecule has 1 N–H and O–H groups in total. The smallest absolute Gasteiger partial charge is 0.260 e. The molecule has 0 radical (unpaired) electrons. The van der Waals surface area contributed by atoms with E-state index in [9.17, 15) is 9.59 Å². The number of anilines is 5. The molecule has 9 heteroatoms. The van der Waals surface area contributed by atoms with Crippen LogP contribution in [0.25, 0.3) is 0 Å². The summed E-state index contributed by atoms with van der Waals surface area (Å²) < 4.78 is 5.93. The maximum atomic E-state index is 13.3. The Morgan fingerprint density at radius 2 is 1.76 bits per heavy atom. The zero-order chi connectivity index (χ0) is 26.8. The fraction of sp³-hybridized carbons (Fsp3) is 0.345. The van der Waals surface area contributed by atoms with E-state index in [0.717, 1.165) is 37.4 Å². The normalized spacial score (nSPS) is 15.9. The molecular formula is C29H34N6O3. The molecule has 0 spiro atoms. The topological polar surface area (TPSA) is 81.2 Å². The number of benzene rings is 2. The number of pyridine rings is 1. The number of likely N-dealkylation sites (N-methyl/N-ethyl adjacent to an activating group) is 1. The van der Waals surface area contributed by atoms with E-state index in [4.69, 9.17) is 4.74 Å². The molecule has 2 aliphatic heterocycles. The lowest BCUT2D eigenvalue weighted by molar-refractivity contribution is 0.0762. The van der Waals surface area contributed by atoms with Crippen molar-refractivity contribution in [1.29, 1.82) is 0 Å². The largest absolute Gasteiger partial charge is 0.492 e. The third-order valence-electron chi connectivity index (χ3n) is 7.18. The Hall–Kier alpha value is -4.11. The maximum absolute atomic E-state index is 13.3. The van der Waals surface area contributed by atoms with Gasteiger partial charge in [0.15, 0.2) is 0 Å². The molecule has 9 nitrogen and oxygen atoms in total. The number of aromatic nitrogens is 1. The Bertz CT molecular complexity index is 1360. The van der Waals surface area contributed by atoms with Gasteiger partial charge in [-0.15, -0.1) is 0 Å². The number of nitrogens with zero attached hydrogens (tertiary/aromatic N) is 5. The molecule has 0 saturated carbocycles. The van der Waals surface area contributed by atoms with Crippen molar-refractivity contribution in [3.8, 4) is 5.75 Å². The first-order valence-corrected chi connectivity index (χ1v) is 13.0. The summed E-state index contributed by atoms with van der Waals surface area (Å²) in [4.78, 5) is 38.7. The zero-order valence-electron chi connectivity index (χ0n) is 22.4. The summed E-state index contributed by atoms with van der Waals surface area (Å²) in [5, 5.41) is 3.36. The molecule has 0 unspecified atom stereocenters. The van der Waals surface area contributed by atoms with Crippen molar-refractivity contribution in [2.24, 2.45) is 0 Å². The van der Waals surface area contributed by atoms with Gasteiger partial charge in [0, 0.05) is 45.4 Å². The van der Waals surface area contributed by atoms with Crippen LogP contribution in [0.4, 0.5) is 28.6 Å². The lowest BCUT2D eigenvalue weighted by Gasteiger charge is -2.23. The van der Waals surface area contributed by atoms with Crippen molar-refractivity contribution in [2.75, 3.05) is 69.0 Å². The fourth-order valence-corrected chi connectivity index (χ4v) is 5.00. The highest BCUT2D eigenvalue weighted by molar-refractivity contribution is 6.13. The number of hydrogen-bond donors (Lipinski definition) is 1. The van der Waals surface area contributed by atoms with E-state index in [-0.39, 0.29) is 11.8 Å². The van der Waals surface area contributed by atoms with Gasteiger partial charge in [-0.05, 0) is 57.3 Å². The van der Waals surface area contributed by atoms with Gasteiger partial charge in [0.2, 0.25) is 0 Å². The molecule has 3 heterocycles. The number of hydrogen-bond acceptors (Lipinski definition) is 7. The third-order valence-corrected chi connectivity index (χ3v) is 7.18. The molecule has 38 heavy (non-hydrogen) atoms.